The minimum absolute atomic E-state index is 0.0418. The third-order valence-corrected chi connectivity index (χ3v) is 2.73. The van der Waals surface area contributed by atoms with Gasteiger partial charge in [0, 0.05) is 17.1 Å². The Hall–Kier alpha value is -0.570. The van der Waals surface area contributed by atoms with E-state index in [2.05, 4.69) is 12.2 Å². The van der Waals surface area contributed by atoms with Crippen molar-refractivity contribution in [2.45, 2.75) is 13.2 Å². The molecule has 0 aromatic heterocycles. The van der Waals surface area contributed by atoms with Gasteiger partial charge in [-0.2, -0.15) is 0 Å². The first-order valence-electron chi connectivity index (χ1n) is 4.87. The van der Waals surface area contributed by atoms with Crippen molar-refractivity contribution in [1.82, 2.24) is 5.32 Å². The summed E-state index contributed by atoms with van der Waals surface area (Å²) in [6.07, 6.45) is -0.0418. The molecule has 1 heterocycles. The maximum absolute atomic E-state index is 6.07. The molecular weight excluding hydrogens is 198 g/mol. The maximum Gasteiger partial charge on any atom is 0.135 e. The molecule has 1 fully saturated rings. The summed E-state index contributed by atoms with van der Waals surface area (Å²) in [6.45, 7) is 3.94. The van der Waals surface area contributed by atoms with Crippen LogP contribution in [0.1, 0.15) is 18.7 Å². The molecule has 2 nitrogen and oxygen atoms in total. The Bertz CT molecular complexity index is 308. The second-order valence-corrected chi connectivity index (χ2v) is 4.16. The third-order valence-electron chi connectivity index (χ3n) is 2.39. The van der Waals surface area contributed by atoms with Gasteiger partial charge in [0.25, 0.3) is 0 Å². The molecule has 1 aromatic carbocycles. The van der Waals surface area contributed by atoms with Crippen LogP contribution in [0.25, 0.3) is 0 Å². The van der Waals surface area contributed by atoms with E-state index < -0.39 is 0 Å². The van der Waals surface area contributed by atoms with Gasteiger partial charge in [-0.15, -0.1) is 0 Å². The SMILES string of the molecule is CC1CNC(c2ccccc2Cl)OC1. The van der Waals surface area contributed by atoms with Crippen molar-refractivity contribution in [2.75, 3.05) is 13.2 Å². The fourth-order valence-electron chi connectivity index (χ4n) is 1.57. The highest BCUT2D eigenvalue weighted by atomic mass is 35.5. The summed E-state index contributed by atoms with van der Waals surface area (Å²) in [7, 11) is 0. The third kappa shape index (κ3) is 2.08. The van der Waals surface area contributed by atoms with E-state index >= 15 is 0 Å². The minimum atomic E-state index is -0.0418. The van der Waals surface area contributed by atoms with Crippen molar-refractivity contribution < 1.29 is 4.74 Å². The molecule has 0 radical (unpaired) electrons. The van der Waals surface area contributed by atoms with Crippen LogP contribution in [-0.2, 0) is 4.74 Å². The van der Waals surface area contributed by atoms with Crippen LogP contribution in [0, 0.1) is 5.92 Å². The Balaban J connectivity index is 2.12. The summed E-state index contributed by atoms with van der Waals surface area (Å²) in [6, 6.07) is 7.79. The molecule has 3 heteroatoms. The summed E-state index contributed by atoms with van der Waals surface area (Å²) in [4.78, 5) is 0. The predicted octanol–water partition coefficient (Wildman–Crippen LogP) is 2.59. The molecule has 0 spiro atoms. The molecule has 0 saturated carbocycles. The van der Waals surface area contributed by atoms with Crippen LogP contribution in [0.15, 0.2) is 24.3 Å². The lowest BCUT2D eigenvalue weighted by molar-refractivity contribution is -0.0253. The Kier molecular flexibility index (Phi) is 3.06. The molecule has 2 unspecified atom stereocenters. The minimum Gasteiger partial charge on any atom is -0.359 e. The summed E-state index contributed by atoms with van der Waals surface area (Å²) >= 11 is 6.07. The zero-order valence-electron chi connectivity index (χ0n) is 8.16. The average molecular weight is 212 g/mol. The first-order chi connectivity index (χ1) is 6.77. The van der Waals surface area contributed by atoms with E-state index in [0.29, 0.717) is 5.92 Å². The van der Waals surface area contributed by atoms with Crippen molar-refractivity contribution >= 4 is 11.6 Å². The predicted molar refractivity (Wildman–Crippen MR) is 57.3 cm³/mol. The molecule has 1 saturated heterocycles. The van der Waals surface area contributed by atoms with Crippen LogP contribution in [0.2, 0.25) is 5.02 Å². The summed E-state index contributed by atoms with van der Waals surface area (Å²) in [5, 5.41) is 4.08. The van der Waals surface area contributed by atoms with E-state index in [9.17, 15) is 0 Å². The fourth-order valence-corrected chi connectivity index (χ4v) is 1.81. The number of rotatable bonds is 1. The van der Waals surface area contributed by atoms with Crippen molar-refractivity contribution in [3.8, 4) is 0 Å². The Morgan fingerprint density at radius 1 is 1.43 bits per heavy atom. The van der Waals surface area contributed by atoms with E-state index in [1.807, 2.05) is 24.3 Å². The average Bonchev–Trinajstić information content (AvgIpc) is 2.20. The molecule has 1 aliphatic rings. The van der Waals surface area contributed by atoms with Crippen LogP contribution in [0.4, 0.5) is 0 Å². The quantitative estimate of drug-likeness (QED) is 0.771. The van der Waals surface area contributed by atoms with E-state index in [0.717, 1.165) is 23.7 Å². The largest absolute Gasteiger partial charge is 0.359 e. The maximum atomic E-state index is 6.07. The highest BCUT2D eigenvalue weighted by molar-refractivity contribution is 6.31. The number of hydrogen-bond acceptors (Lipinski definition) is 2. The fraction of sp³-hybridized carbons (Fsp3) is 0.455. The molecule has 0 amide bonds. The van der Waals surface area contributed by atoms with Crippen LogP contribution in [0.5, 0.6) is 0 Å². The molecule has 2 atom stereocenters. The Labute approximate surface area is 89.2 Å². The number of halogens is 1. The molecule has 1 N–H and O–H groups in total. The zero-order chi connectivity index (χ0) is 9.97. The molecule has 0 aliphatic carbocycles. The van der Waals surface area contributed by atoms with Gasteiger partial charge in [-0.25, -0.2) is 0 Å². The van der Waals surface area contributed by atoms with Gasteiger partial charge in [-0.1, -0.05) is 36.7 Å². The van der Waals surface area contributed by atoms with E-state index in [1.165, 1.54) is 0 Å². The lowest BCUT2D eigenvalue weighted by atomic mass is 10.1. The molecule has 2 rings (SSSR count). The monoisotopic (exact) mass is 211 g/mol. The highest BCUT2D eigenvalue weighted by Gasteiger charge is 2.20. The van der Waals surface area contributed by atoms with Crippen LogP contribution in [-0.4, -0.2) is 13.2 Å². The van der Waals surface area contributed by atoms with Crippen molar-refractivity contribution in [3.05, 3.63) is 34.9 Å². The highest BCUT2D eigenvalue weighted by Crippen LogP contribution is 2.25. The first-order valence-corrected chi connectivity index (χ1v) is 5.24. The lowest BCUT2D eigenvalue weighted by Crippen LogP contribution is -2.36. The van der Waals surface area contributed by atoms with E-state index in [4.69, 9.17) is 16.3 Å². The van der Waals surface area contributed by atoms with Gasteiger partial charge in [0.1, 0.15) is 6.23 Å². The zero-order valence-corrected chi connectivity index (χ0v) is 8.92. The van der Waals surface area contributed by atoms with Gasteiger partial charge in [0.2, 0.25) is 0 Å². The van der Waals surface area contributed by atoms with Gasteiger partial charge < -0.3 is 4.74 Å². The Morgan fingerprint density at radius 2 is 2.21 bits per heavy atom. The molecule has 0 bridgehead atoms. The summed E-state index contributed by atoms with van der Waals surface area (Å²) < 4.78 is 5.66. The first kappa shape index (κ1) is 9.97. The van der Waals surface area contributed by atoms with Gasteiger partial charge in [-0.3, -0.25) is 5.32 Å². The van der Waals surface area contributed by atoms with E-state index in [-0.39, 0.29) is 6.23 Å². The summed E-state index contributed by atoms with van der Waals surface area (Å²) in [5.74, 6) is 0.578. The normalized spacial score (nSPS) is 27.6. The van der Waals surface area contributed by atoms with Crippen LogP contribution >= 0.6 is 11.6 Å². The number of ether oxygens (including phenoxy) is 1. The van der Waals surface area contributed by atoms with Crippen molar-refractivity contribution in [1.29, 1.82) is 0 Å². The lowest BCUT2D eigenvalue weighted by Gasteiger charge is -2.29. The van der Waals surface area contributed by atoms with Crippen LogP contribution in [0.3, 0.4) is 0 Å². The topological polar surface area (TPSA) is 21.3 Å². The van der Waals surface area contributed by atoms with Crippen molar-refractivity contribution in [2.24, 2.45) is 5.92 Å². The second-order valence-electron chi connectivity index (χ2n) is 3.75. The number of nitrogens with one attached hydrogen (secondary N) is 1. The number of hydrogen-bond donors (Lipinski definition) is 1. The summed E-state index contributed by atoms with van der Waals surface area (Å²) in [5.41, 5.74) is 1.03. The molecule has 14 heavy (non-hydrogen) atoms. The van der Waals surface area contributed by atoms with Crippen molar-refractivity contribution in [3.63, 3.8) is 0 Å². The second kappa shape index (κ2) is 4.30. The van der Waals surface area contributed by atoms with Gasteiger partial charge in [0.15, 0.2) is 0 Å². The smallest absolute Gasteiger partial charge is 0.135 e. The number of benzene rings is 1. The van der Waals surface area contributed by atoms with E-state index in [1.54, 1.807) is 0 Å². The van der Waals surface area contributed by atoms with Crippen LogP contribution < -0.4 is 5.32 Å². The molecule has 1 aromatic rings. The molecule has 76 valence electrons. The Morgan fingerprint density at radius 3 is 2.86 bits per heavy atom. The van der Waals surface area contributed by atoms with Gasteiger partial charge in [-0.05, 0) is 12.0 Å². The van der Waals surface area contributed by atoms with Gasteiger partial charge >= 0.3 is 0 Å². The molecular formula is C11H14ClNO. The standard InChI is InChI=1S/C11H14ClNO/c1-8-6-13-11(14-7-8)9-4-2-3-5-10(9)12/h2-5,8,11,13H,6-7H2,1H3. The van der Waals surface area contributed by atoms with Gasteiger partial charge in [0.05, 0.1) is 6.61 Å². The molecule has 1 aliphatic heterocycles.